The van der Waals surface area contributed by atoms with E-state index in [1.54, 1.807) is 5.57 Å². The van der Waals surface area contributed by atoms with E-state index >= 15 is 0 Å². The Morgan fingerprint density at radius 2 is 1.77 bits per heavy atom. The van der Waals surface area contributed by atoms with Crippen LogP contribution in [0, 0.1) is 52.3 Å². The van der Waals surface area contributed by atoms with Gasteiger partial charge in [-0.2, -0.15) is 0 Å². The summed E-state index contributed by atoms with van der Waals surface area (Å²) in [7, 11) is 0. The van der Waals surface area contributed by atoms with Gasteiger partial charge in [-0.1, -0.05) is 66.0 Å². The van der Waals surface area contributed by atoms with Crippen molar-refractivity contribution in [1.29, 1.82) is 0 Å². The lowest BCUT2D eigenvalue weighted by Crippen LogP contribution is -2.50. The molecule has 4 aliphatic rings. The topological polar surface area (TPSA) is 20.2 Å². The Bertz CT molecular complexity index is 634. The Kier molecular flexibility index (Phi) is 6.53. The molecule has 0 bridgehead atoms. The van der Waals surface area contributed by atoms with E-state index in [0.29, 0.717) is 10.8 Å². The number of aliphatic hydroxyl groups excluding tert-OH is 1. The lowest BCUT2D eigenvalue weighted by molar-refractivity contribution is -0.0575. The minimum absolute atomic E-state index is 0.0794. The Hall–Kier alpha value is -0.300. The monoisotopic (exact) mass is 414 g/mol. The first-order chi connectivity index (χ1) is 14.2. The molecule has 0 aromatic carbocycles. The normalized spacial score (nSPS) is 45.3. The Morgan fingerprint density at radius 3 is 2.47 bits per heavy atom. The van der Waals surface area contributed by atoms with Gasteiger partial charge in [-0.3, -0.25) is 0 Å². The van der Waals surface area contributed by atoms with Crippen molar-refractivity contribution in [2.45, 2.75) is 118 Å². The molecular weight excluding hydrogens is 364 g/mol. The van der Waals surface area contributed by atoms with Gasteiger partial charge in [0.05, 0.1) is 6.10 Å². The van der Waals surface area contributed by atoms with E-state index in [9.17, 15) is 5.11 Å². The summed E-state index contributed by atoms with van der Waals surface area (Å²) in [5.74, 6) is 6.31. The van der Waals surface area contributed by atoms with Crippen molar-refractivity contribution in [1.82, 2.24) is 0 Å². The van der Waals surface area contributed by atoms with Crippen molar-refractivity contribution in [2.75, 3.05) is 0 Å². The maximum Gasteiger partial charge on any atom is 0.0577 e. The zero-order chi connectivity index (χ0) is 21.7. The van der Waals surface area contributed by atoms with Gasteiger partial charge in [0, 0.05) is 0 Å². The van der Waals surface area contributed by atoms with Crippen LogP contribution in [0.15, 0.2) is 11.6 Å². The summed E-state index contributed by atoms with van der Waals surface area (Å²) in [6.45, 7) is 15.1. The van der Waals surface area contributed by atoms with E-state index in [0.717, 1.165) is 54.3 Å². The molecule has 9 atom stereocenters. The van der Waals surface area contributed by atoms with E-state index in [1.807, 2.05) is 0 Å². The van der Waals surface area contributed by atoms with Gasteiger partial charge in [0.1, 0.15) is 0 Å². The van der Waals surface area contributed by atoms with Gasteiger partial charge in [-0.15, -0.1) is 0 Å². The third-order valence-corrected chi connectivity index (χ3v) is 11.3. The predicted molar refractivity (Wildman–Crippen MR) is 128 cm³/mol. The van der Waals surface area contributed by atoms with Crippen LogP contribution >= 0.6 is 0 Å². The number of hydrogen-bond donors (Lipinski definition) is 1. The lowest BCUT2D eigenvalue weighted by Gasteiger charge is -2.58. The summed E-state index contributed by atoms with van der Waals surface area (Å²) in [6.07, 6.45) is 17.1. The number of fused-ring (bicyclic) bond motifs is 5. The van der Waals surface area contributed by atoms with Gasteiger partial charge >= 0.3 is 0 Å². The lowest BCUT2D eigenvalue weighted by atomic mass is 9.47. The fourth-order valence-electron chi connectivity index (χ4n) is 9.30. The van der Waals surface area contributed by atoms with Crippen molar-refractivity contribution < 1.29 is 5.11 Å². The molecule has 0 amide bonds. The highest BCUT2D eigenvalue weighted by molar-refractivity contribution is 5.25. The molecule has 0 heterocycles. The smallest absolute Gasteiger partial charge is 0.0577 e. The molecule has 1 N–H and O–H groups in total. The van der Waals surface area contributed by atoms with Crippen molar-refractivity contribution in [3.05, 3.63) is 11.6 Å². The summed E-state index contributed by atoms with van der Waals surface area (Å²) < 4.78 is 0. The van der Waals surface area contributed by atoms with Gasteiger partial charge in [-0.05, 0) is 110 Å². The molecule has 1 nitrogen and oxygen atoms in total. The molecule has 4 aliphatic carbocycles. The molecular formula is C29H50O. The van der Waals surface area contributed by atoms with Crippen LogP contribution in [0.25, 0.3) is 0 Å². The predicted octanol–water partition coefficient (Wildman–Crippen LogP) is 8.02. The highest BCUT2D eigenvalue weighted by atomic mass is 16.3. The second kappa shape index (κ2) is 8.57. The van der Waals surface area contributed by atoms with Gasteiger partial charge in [0.2, 0.25) is 0 Å². The molecule has 0 aromatic rings. The third-order valence-electron chi connectivity index (χ3n) is 11.3. The van der Waals surface area contributed by atoms with Gasteiger partial charge in [-0.25, -0.2) is 0 Å². The Balaban J connectivity index is 1.47. The van der Waals surface area contributed by atoms with Gasteiger partial charge < -0.3 is 5.11 Å². The van der Waals surface area contributed by atoms with Crippen LogP contribution < -0.4 is 0 Å². The Morgan fingerprint density at radius 1 is 1.00 bits per heavy atom. The molecule has 30 heavy (non-hydrogen) atoms. The summed E-state index contributed by atoms with van der Waals surface area (Å²) >= 11 is 0. The quantitative estimate of drug-likeness (QED) is 0.436. The van der Waals surface area contributed by atoms with Crippen LogP contribution in [-0.4, -0.2) is 11.2 Å². The minimum atomic E-state index is -0.0794. The van der Waals surface area contributed by atoms with E-state index in [-0.39, 0.29) is 6.10 Å². The summed E-state index contributed by atoms with van der Waals surface area (Å²) in [4.78, 5) is 0. The van der Waals surface area contributed by atoms with Crippen molar-refractivity contribution >= 4 is 0 Å². The molecule has 0 saturated heterocycles. The van der Waals surface area contributed by atoms with E-state index in [1.165, 1.54) is 57.8 Å². The van der Waals surface area contributed by atoms with E-state index in [4.69, 9.17) is 0 Å². The van der Waals surface area contributed by atoms with Crippen LogP contribution in [0.2, 0.25) is 0 Å². The SMILES string of the molecule is CC[C@@H](CC[C@H](C)[C@H]1CC[C@@H]2[C@H]3CC=C4C[C@@H](O)CC[C@]4(C)[C@@H]3CC[C@@]21C)C(C)C. The van der Waals surface area contributed by atoms with E-state index in [2.05, 4.69) is 47.6 Å². The number of rotatable bonds is 6. The molecule has 4 rings (SSSR count). The molecule has 0 spiro atoms. The third kappa shape index (κ3) is 3.74. The maximum absolute atomic E-state index is 10.2. The van der Waals surface area contributed by atoms with Crippen LogP contribution in [0.5, 0.6) is 0 Å². The first-order valence-corrected chi connectivity index (χ1v) is 13.6. The Labute approximate surface area is 187 Å². The first-order valence-electron chi connectivity index (χ1n) is 13.6. The molecule has 3 saturated carbocycles. The fraction of sp³-hybridized carbons (Fsp3) is 0.931. The van der Waals surface area contributed by atoms with Crippen molar-refractivity contribution in [3.8, 4) is 0 Å². The van der Waals surface area contributed by atoms with Gasteiger partial charge in [0.25, 0.3) is 0 Å². The summed E-state index contributed by atoms with van der Waals surface area (Å²) in [6, 6.07) is 0. The second-order valence-electron chi connectivity index (χ2n) is 12.9. The molecule has 0 aromatic heterocycles. The maximum atomic E-state index is 10.2. The fourth-order valence-corrected chi connectivity index (χ4v) is 9.30. The van der Waals surface area contributed by atoms with Gasteiger partial charge in [0.15, 0.2) is 0 Å². The molecule has 0 aliphatic heterocycles. The summed E-state index contributed by atoms with van der Waals surface area (Å²) in [5, 5.41) is 10.2. The molecule has 172 valence electrons. The summed E-state index contributed by atoms with van der Waals surface area (Å²) in [5.41, 5.74) is 2.59. The average molecular weight is 415 g/mol. The zero-order valence-corrected chi connectivity index (χ0v) is 20.9. The molecule has 1 heteroatoms. The average Bonchev–Trinajstić information content (AvgIpc) is 3.06. The van der Waals surface area contributed by atoms with Crippen LogP contribution in [-0.2, 0) is 0 Å². The van der Waals surface area contributed by atoms with E-state index < -0.39 is 0 Å². The highest BCUT2D eigenvalue weighted by Crippen LogP contribution is 2.67. The van der Waals surface area contributed by atoms with Crippen LogP contribution in [0.1, 0.15) is 112 Å². The van der Waals surface area contributed by atoms with Crippen LogP contribution in [0.3, 0.4) is 0 Å². The number of aliphatic hydroxyl groups is 1. The zero-order valence-electron chi connectivity index (χ0n) is 20.9. The van der Waals surface area contributed by atoms with Crippen molar-refractivity contribution in [2.24, 2.45) is 52.3 Å². The van der Waals surface area contributed by atoms with Crippen molar-refractivity contribution in [3.63, 3.8) is 0 Å². The second-order valence-corrected chi connectivity index (χ2v) is 12.9. The standard InChI is InChI=1S/C29H50O/c1-7-21(19(2)3)9-8-20(4)25-12-13-26-24-11-10-22-18-23(30)14-16-28(22,5)27(24)15-17-29(25,26)6/h10,19-21,23-27,30H,7-9,11-18H2,1-6H3/t20-,21-,23-,24+,25+,26+,27+,28-,29+/m0/s1. The highest BCUT2D eigenvalue weighted by Gasteiger charge is 2.59. The largest absolute Gasteiger partial charge is 0.393 e. The molecule has 3 fully saturated rings. The first kappa shape index (κ1) is 22.9. The number of allylic oxidation sites excluding steroid dienone is 1. The minimum Gasteiger partial charge on any atom is -0.393 e. The molecule has 0 unspecified atom stereocenters. The van der Waals surface area contributed by atoms with Crippen LogP contribution in [0.4, 0.5) is 0 Å². The molecule has 0 radical (unpaired) electrons. The number of hydrogen-bond acceptors (Lipinski definition) is 1.